The number of halogens is 3. The van der Waals surface area contributed by atoms with Crippen molar-refractivity contribution in [2.75, 3.05) is 6.61 Å². The molecule has 3 nitrogen and oxygen atoms in total. The normalized spacial score (nSPS) is 13.3. The average Bonchev–Trinajstić information content (AvgIpc) is 2.89. The Balaban J connectivity index is 2.08. The van der Waals surface area contributed by atoms with Crippen LogP contribution in [0.15, 0.2) is 47.1 Å². The van der Waals surface area contributed by atoms with E-state index in [1.807, 2.05) is 0 Å². The van der Waals surface area contributed by atoms with Crippen molar-refractivity contribution in [2.45, 2.75) is 12.2 Å². The molecule has 0 amide bonds. The third-order valence-electron chi connectivity index (χ3n) is 2.52. The molecule has 0 aliphatic rings. The lowest BCUT2D eigenvalue weighted by Gasteiger charge is -2.15. The first-order valence-electron chi connectivity index (χ1n) is 5.56. The summed E-state index contributed by atoms with van der Waals surface area (Å²) in [5.74, 6) is 0.224. The van der Waals surface area contributed by atoms with E-state index in [4.69, 9.17) is 14.9 Å². The van der Waals surface area contributed by atoms with Gasteiger partial charge in [0.2, 0.25) is 0 Å². The van der Waals surface area contributed by atoms with Gasteiger partial charge < -0.3 is 14.9 Å². The molecule has 0 bridgehead atoms. The first-order chi connectivity index (χ1) is 8.98. The van der Waals surface area contributed by atoms with E-state index in [-0.39, 0.29) is 12.4 Å². The number of nitrogens with two attached hydrogens (primary N) is 1. The number of hydrogen-bond acceptors (Lipinski definition) is 3. The molecule has 6 heteroatoms. The second kappa shape index (κ2) is 5.36. The summed E-state index contributed by atoms with van der Waals surface area (Å²) in [5, 5.41) is 0. The number of hydrogen-bond donors (Lipinski definition) is 1. The number of rotatable bonds is 4. The van der Waals surface area contributed by atoms with Gasteiger partial charge in [0.1, 0.15) is 18.1 Å². The average molecular weight is 271 g/mol. The first kappa shape index (κ1) is 13.5. The van der Waals surface area contributed by atoms with Crippen molar-refractivity contribution in [3.8, 4) is 5.75 Å². The molecule has 0 spiro atoms. The highest BCUT2D eigenvalue weighted by Gasteiger charge is 2.34. The molecule has 0 fully saturated rings. The molecule has 1 atom stereocenters. The highest BCUT2D eigenvalue weighted by Crippen LogP contribution is 2.36. The van der Waals surface area contributed by atoms with Gasteiger partial charge in [0.15, 0.2) is 0 Å². The van der Waals surface area contributed by atoms with Crippen LogP contribution in [0, 0.1) is 0 Å². The van der Waals surface area contributed by atoms with Crippen LogP contribution < -0.4 is 10.5 Å². The Labute approximate surface area is 107 Å². The minimum absolute atomic E-state index is 0.0966. The van der Waals surface area contributed by atoms with Gasteiger partial charge in [0, 0.05) is 0 Å². The largest absolute Gasteiger partial charge is 0.491 e. The molecule has 0 radical (unpaired) electrons. The van der Waals surface area contributed by atoms with Crippen molar-refractivity contribution in [3.63, 3.8) is 0 Å². The van der Waals surface area contributed by atoms with E-state index in [1.54, 1.807) is 12.1 Å². The van der Waals surface area contributed by atoms with Crippen LogP contribution >= 0.6 is 0 Å². The minimum atomic E-state index is -4.45. The summed E-state index contributed by atoms with van der Waals surface area (Å²) in [6, 6.07) is 7.69. The molecule has 1 aromatic heterocycles. The van der Waals surface area contributed by atoms with Crippen LogP contribution in [0.4, 0.5) is 13.2 Å². The minimum Gasteiger partial charge on any atom is -0.491 e. The third kappa shape index (κ3) is 3.29. The summed E-state index contributed by atoms with van der Waals surface area (Å²) >= 11 is 0. The molecule has 2 rings (SSSR count). The second-order valence-corrected chi connectivity index (χ2v) is 3.93. The molecule has 19 heavy (non-hydrogen) atoms. The van der Waals surface area contributed by atoms with E-state index in [0.29, 0.717) is 5.76 Å². The van der Waals surface area contributed by atoms with Gasteiger partial charge in [-0.1, -0.05) is 12.1 Å². The fourth-order valence-corrected chi connectivity index (χ4v) is 1.59. The highest BCUT2D eigenvalue weighted by atomic mass is 19.4. The van der Waals surface area contributed by atoms with E-state index in [0.717, 1.165) is 6.07 Å². The van der Waals surface area contributed by atoms with Crippen LogP contribution in [-0.4, -0.2) is 6.61 Å². The van der Waals surface area contributed by atoms with Gasteiger partial charge in [-0.05, 0) is 24.3 Å². The Kier molecular flexibility index (Phi) is 3.80. The Morgan fingerprint density at radius 2 is 1.89 bits per heavy atom. The Bertz CT molecular complexity index is 523. The molecular formula is C13H12F3NO2. The lowest BCUT2D eigenvalue weighted by molar-refractivity contribution is -0.139. The monoisotopic (exact) mass is 271 g/mol. The standard InChI is InChI=1S/C13H12F3NO2/c14-13(15,16)9-4-1-2-5-11(9)19-8-10(17)12-6-3-7-18-12/h1-7,10H,8,17H2. The molecule has 2 aromatic rings. The molecule has 1 heterocycles. The van der Waals surface area contributed by atoms with Crippen LogP contribution in [0.2, 0.25) is 0 Å². The van der Waals surface area contributed by atoms with Gasteiger partial charge in [0.05, 0.1) is 17.9 Å². The topological polar surface area (TPSA) is 48.4 Å². The molecule has 0 saturated carbocycles. The smallest absolute Gasteiger partial charge is 0.419 e. The SMILES string of the molecule is NC(COc1ccccc1C(F)(F)F)c1ccco1. The maximum Gasteiger partial charge on any atom is 0.419 e. The van der Waals surface area contributed by atoms with Crippen molar-refractivity contribution >= 4 is 0 Å². The second-order valence-electron chi connectivity index (χ2n) is 3.93. The summed E-state index contributed by atoms with van der Waals surface area (Å²) in [5.41, 5.74) is 4.93. The van der Waals surface area contributed by atoms with Crippen LogP contribution in [0.5, 0.6) is 5.75 Å². The van der Waals surface area contributed by atoms with Gasteiger partial charge in [0.25, 0.3) is 0 Å². The lowest BCUT2D eigenvalue weighted by atomic mass is 10.2. The third-order valence-corrected chi connectivity index (χ3v) is 2.52. The molecule has 102 valence electrons. The summed E-state index contributed by atoms with van der Waals surface area (Å²) in [4.78, 5) is 0. The fraction of sp³-hybridized carbons (Fsp3) is 0.231. The van der Waals surface area contributed by atoms with E-state index in [9.17, 15) is 13.2 Å². The number of benzene rings is 1. The summed E-state index contributed by atoms with van der Waals surface area (Å²) in [6.45, 7) is -0.0966. The van der Waals surface area contributed by atoms with Crippen LogP contribution in [0.3, 0.4) is 0 Å². The van der Waals surface area contributed by atoms with Crippen LogP contribution in [0.25, 0.3) is 0 Å². The van der Waals surface area contributed by atoms with Gasteiger partial charge in [-0.25, -0.2) is 0 Å². The number of para-hydroxylation sites is 1. The zero-order valence-electron chi connectivity index (χ0n) is 9.85. The molecule has 1 aromatic carbocycles. The summed E-state index contributed by atoms with van der Waals surface area (Å²) in [6.07, 6.45) is -3.01. The number of alkyl halides is 3. The Morgan fingerprint density at radius 3 is 2.53 bits per heavy atom. The van der Waals surface area contributed by atoms with Crippen molar-refractivity contribution in [2.24, 2.45) is 5.73 Å². The highest BCUT2D eigenvalue weighted by molar-refractivity contribution is 5.35. The van der Waals surface area contributed by atoms with Gasteiger partial charge in [-0.15, -0.1) is 0 Å². The van der Waals surface area contributed by atoms with Crippen LogP contribution in [0.1, 0.15) is 17.4 Å². The molecule has 0 aliphatic heterocycles. The maximum absolute atomic E-state index is 12.7. The van der Waals surface area contributed by atoms with Crippen LogP contribution in [-0.2, 0) is 6.18 Å². The summed E-state index contributed by atoms with van der Waals surface area (Å²) in [7, 11) is 0. The van der Waals surface area contributed by atoms with Gasteiger partial charge in [-0.3, -0.25) is 0 Å². The molecular weight excluding hydrogens is 259 g/mol. The Hall–Kier alpha value is -1.95. The fourth-order valence-electron chi connectivity index (χ4n) is 1.59. The zero-order chi connectivity index (χ0) is 13.9. The summed E-state index contributed by atoms with van der Waals surface area (Å²) < 4.78 is 48.3. The first-order valence-corrected chi connectivity index (χ1v) is 5.56. The molecule has 0 aliphatic carbocycles. The van der Waals surface area contributed by atoms with Crippen molar-refractivity contribution < 1.29 is 22.3 Å². The Morgan fingerprint density at radius 1 is 1.16 bits per heavy atom. The predicted octanol–water partition coefficient (Wildman–Crippen LogP) is 3.38. The number of furan rings is 1. The van der Waals surface area contributed by atoms with E-state index >= 15 is 0 Å². The zero-order valence-corrected chi connectivity index (χ0v) is 9.85. The van der Waals surface area contributed by atoms with E-state index in [2.05, 4.69) is 0 Å². The number of ether oxygens (including phenoxy) is 1. The van der Waals surface area contributed by atoms with E-state index in [1.165, 1.54) is 24.5 Å². The van der Waals surface area contributed by atoms with Gasteiger partial charge in [-0.2, -0.15) is 13.2 Å². The lowest BCUT2D eigenvalue weighted by Crippen LogP contribution is -2.19. The van der Waals surface area contributed by atoms with Crippen molar-refractivity contribution in [3.05, 3.63) is 54.0 Å². The molecule has 0 saturated heterocycles. The predicted molar refractivity (Wildman–Crippen MR) is 62.6 cm³/mol. The quantitative estimate of drug-likeness (QED) is 0.927. The molecule has 2 N–H and O–H groups in total. The van der Waals surface area contributed by atoms with E-state index < -0.39 is 17.8 Å². The van der Waals surface area contributed by atoms with Crippen molar-refractivity contribution in [1.82, 2.24) is 0 Å². The van der Waals surface area contributed by atoms with Crippen molar-refractivity contribution in [1.29, 1.82) is 0 Å². The van der Waals surface area contributed by atoms with Gasteiger partial charge >= 0.3 is 6.18 Å². The maximum atomic E-state index is 12.7. The molecule has 1 unspecified atom stereocenters.